The van der Waals surface area contributed by atoms with Crippen LogP contribution < -0.4 is 5.32 Å². The zero-order valence-electron chi connectivity index (χ0n) is 15.4. The van der Waals surface area contributed by atoms with Gasteiger partial charge in [0.2, 0.25) is 0 Å². The van der Waals surface area contributed by atoms with Gasteiger partial charge in [-0.1, -0.05) is 0 Å². The minimum absolute atomic E-state index is 0.241. The summed E-state index contributed by atoms with van der Waals surface area (Å²) in [5.74, 6) is -0.241. The Labute approximate surface area is 147 Å². The molecule has 0 aliphatic carbocycles. The van der Waals surface area contributed by atoms with Gasteiger partial charge in [-0.25, -0.2) is 9.07 Å². The molecule has 0 radical (unpaired) electrons. The number of rotatable bonds is 5. The lowest BCUT2D eigenvalue weighted by Gasteiger charge is -2.08. The Morgan fingerprint density at radius 3 is 2.00 bits per heavy atom. The van der Waals surface area contributed by atoms with Crippen molar-refractivity contribution < 1.29 is 4.39 Å². The van der Waals surface area contributed by atoms with Crippen molar-refractivity contribution in [3.05, 3.63) is 64.0 Å². The summed E-state index contributed by atoms with van der Waals surface area (Å²) in [5.41, 5.74) is 7.56. The topological polar surface area (TPSA) is 47.7 Å². The standard InChI is InChI=1S/C19H24FN5/c1-12-18(14(3)24(5)22-12)10-21-11-19-13(2)23-25(15(19)4)17-8-6-16(20)7-9-17/h6-9,21H,10-11H2,1-5H3. The Balaban J connectivity index is 1.76. The molecule has 0 aliphatic heterocycles. The number of nitrogens with one attached hydrogen (secondary N) is 1. The van der Waals surface area contributed by atoms with Gasteiger partial charge in [0.15, 0.2) is 0 Å². The van der Waals surface area contributed by atoms with Crippen LogP contribution in [0.1, 0.15) is 33.9 Å². The van der Waals surface area contributed by atoms with Crippen molar-refractivity contribution in [3.8, 4) is 5.69 Å². The molecule has 25 heavy (non-hydrogen) atoms. The molecule has 0 saturated heterocycles. The normalized spacial score (nSPS) is 11.3. The SMILES string of the molecule is Cc1nn(C)c(C)c1CNCc1c(C)nn(-c2ccc(F)cc2)c1C. The van der Waals surface area contributed by atoms with E-state index in [-0.39, 0.29) is 5.82 Å². The first-order valence-electron chi connectivity index (χ1n) is 8.39. The van der Waals surface area contributed by atoms with Crippen LogP contribution in [0.4, 0.5) is 4.39 Å². The molecule has 5 nitrogen and oxygen atoms in total. The Bertz CT molecular complexity index is 890. The van der Waals surface area contributed by atoms with Gasteiger partial charge in [-0.3, -0.25) is 4.68 Å². The number of aromatic nitrogens is 4. The largest absolute Gasteiger partial charge is 0.308 e. The number of benzene rings is 1. The minimum Gasteiger partial charge on any atom is -0.308 e. The first-order valence-corrected chi connectivity index (χ1v) is 8.39. The summed E-state index contributed by atoms with van der Waals surface area (Å²) in [7, 11) is 1.97. The average molecular weight is 341 g/mol. The molecule has 2 heterocycles. The van der Waals surface area contributed by atoms with Gasteiger partial charge in [0.05, 0.1) is 17.1 Å². The molecule has 132 valence electrons. The fourth-order valence-corrected chi connectivity index (χ4v) is 3.15. The van der Waals surface area contributed by atoms with Crippen molar-refractivity contribution >= 4 is 0 Å². The quantitative estimate of drug-likeness (QED) is 0.775. The molecular formula is C19H24FN5. The number of aryl methyl sites for hydroxylation is 3. The highest BCUT2D eigenvalue weighted by Gasteiger charge is 2.14. The maximum atomic E-state index is 13.1. The molecular weight excluding hydrogens is 317 g/mol. The van der Waals surface area contributed by atoms with E-state index in [1.807, 2.05) is 37.2 Å². The predicted molar refractivity (Wildman–Crippen MR) is 96.2 cm³/mol. The van der Waals surface area contributed by atoms with Gasteiger partial charge >= 0.3 is 0 Å². The Morgan fingerprint density at radius 2 is 1.44 bits per heavy atom. The molecule has 1 aromatic carbocycles. The lowest BCUT2D eigenvalue weighted by atomic mass is 10.1. The van der Waals surface area contributed by atoms with Crippen molar-refractivity contribution in [1.29, 1.82) is 0 Å². The van der Waals surface area contributed by atoms with Crippen LogP contribution in [0.25, 0.3) is 5.69 Å². The lowest BCUT2D eigenvalue weighted by molar-refractivity contribution is 0.627. The highest BCUT2D eigenvalue weighted by Crippen LogP contribution is 2.19. The van der Waals surface area contributed by atoms with Crippen LogP contribution in [0, 0.1) is 33.5 Å². The maximum absolute atomic E-state index is 13.1. The number of hydrogen-bond acceptors (Lipinski definition) is 3. The second-order valence-corrected chi connectivity index (χ2v) is 6.41. The fourth-order valence-electron chi connectivity index (χ4n) is 3.15. The van der Waals surface area contributed by atoms with E-state index in [9.17, 15) is 4.39 Å². The Hall–Kier alpha value is -2.47. The second kappa shape index (κ2) is 6.80. The van der Waals surface area contributed by atoms with Gasteiger partial charge < -0.3 is 5.32 Å². The lowest BCUT2D eigenvalue weighted by Crippen LogP contribution is -2.15. The molecule has 1 N–H and O–H groups in total. The van der Waals surface area contributed by atoms with Crippen LogP contribution in [0.15, 0.2) is 24.3 Å². The summed E-state index contributed by atoms with van der Waals surface area (Å²) in [6, 6.07) is 6.40. The number of hydrogen-bond donors (Lipinski definition) is 1. The van der Waals surface area contributed by atoms with Gasteiger partial charge in [-0.15, -0.1) is 0 Å². The van der Waals surface area contributed by atoms with E-state index in [0.29, 0.717) is 0 Å². The van der Waals surface area contributed by atoms with Crippen LogP contribution >= 0.6 is 0 Å². The van der Waals surface area contributed by atoms with E-state index in [4.69, 9.17) is 0 Å². The third-order valence-electron chi connectivity index (χ3n) is 4.77. The van der Waals surface area contributed by atoms with E-state index >= 15 is 0 Å². The molecule has 0 spiro atoms. The monoisotopic (exact) mass is 341 g/mol. The van der Waals surface area contributed by atoms with Crippen LogP contribution in [-0.2, 0) is 20.1 Å². The molecule has 6 heteroatoms. The molecule has 3 aromatic rings. The van der Waals surface area contributed by atoms with Crippen LogP contribution in [0.5, 0.6) is 0 Å². The zero-order chi connectivity index (χ0) is 18.1. The first-order chi connectivity index (χ1) is 11.9. The minimum atomic E-state index is -0.241. The zero-order valence-corrected chi connectivity index (χ0v) is 15.4. The predicted octanol–water partition coefficient (Wildman–Crippen LogP) is 3.27. The molecule has 0 saturated carbocycles. The average Bonchev–Trinajstić information content (AvgIpc) is 2.99. The molecule has 0 atom stereocenters. The summed E-state index contributed by atoms with van der Waals surface area (Å²) in [6.07, 6.45) is 0. The van der Waals surface area contributed by atoms with Crippen LogP contribution in [0.2, 0.25) is 0 Å². The van der Waals surface area contributed by atoms with E-state index < -0.39 is 0 Å². The molecule has 0 amide bonds. The van der Waals surface area contributed by atoms with Crippen LogP contribution in [0.3, 0.4) is 0 Å². The van der Waals surface area contributed by atoms with E-state index in [0.717, 1.165) is 35.9 Å². The second-order valence-electron chi connectivity index (χ2n) is 6.41. The summed E-state index contributed by atoms with van der Waals surface area (Å²) >= 11 is 0. The summed E-state index contributed by atoms with van der Waals surface area (Å²) in [4.78, 5) is 0. The Kier molecular flexibility index (Phi) is 4.72. The third kappa shape index (κ3) is 3.35. The molecule has 0 unspecified atom stereocenters. The molecule has 3 rings (SSSR count). The fraction of sp³-hybridized carbons (Fsp3) is 0.368. The van der Waals surface area contributed by atoms with Gasteiger partial charge in [0.25, 0.3) is 0 Å². The van der Waals surface area contributed by atoms with E-state index in [2.05, 4.69) is 22.4 Å². The van der Waals surface area contributed by atoms with Gasteiger partial charge in [-0.05, 0) is 52.0 Å². The molecule has 2 aromatic heterocycles. The van der Waals surface area contributed by atoms with Crippen molar-refractivity contribution in [2.24, 2.45) is 7.05 Å². The highest BCUT2D eigenvalue weighted by molar-refractivity contribution is 5.37. The van der Waals surface area contributed by atoms with E-state index in [1.54, 1.807) is 12.1 Å². The highest BCUT2D eigenvalue weighted by atomic mass is 19.1. The molecule has 0 bridgehead atoms. The van der Waals surface area contributed by atoms with Crippen molar-refractivity contribution in [3.63, 3.8) is 0 Å². The van der Waals surface area contributed by atoms with Gasteiger partial charge in [-0.2, -0.15) is 10.2 Å². The van der Waals surface area contributed by atoms with Crippen molar-refractivity contribution in [1.82, 2.24) is 24.9 Å². The van der Waals surface area contributed by atoms with E-state index in [1.165, 1.54) is 29.0 Å². The number of halogens is 1. The summed E-state index contributed by atoms with van der Waals surface area (Å²) < 4.78 is 16.9. The Morgan fingerprint density at radius 1 is 0.880 bits per heavy atom. The van der Waals surface area contributed by atoms with Crippen molar-refractivity contribution in [2.75, 3.05) is 0 Å². The third-order valence-corrected chi connectivity index (χ3v) is 4.77. The van der Waals surface area contributed by atoms with Gasteiger partial charge in [0, 0.05) is 42.7 Å². The smallest absolute Gasteiger partial charge is 0.123 e. The summed E-state index contributed by atoms with van der Waals surface area (Å²) in [6.45, 7) is 9.66. The van der Waals surface area contributed by atoms with Gasteiger partial charge in [0.1, 0.15) is 5.82 Å². The molecule has 0 aliphatic rings. The maximum Gasteiger partial charge on any atom is 0.123 e. The first kappa shape index (κ1) is 17.4. The van der Waals surface area contributed by atoms with Crippen LogP contribution in [-0.4, -0.2) is 19.6 Å². The summed E-state index contributed by atoms with van der Waals surface area (Å²) in [5, 5.41) is 12.6. The molecule has 0 fully saturated rings. The number of nitrogens with zero attached hydrogens (tertiary/aromatic N) is 4. The van der Waals surface area contributed by atoms with Crippen molar-refractivity contribution in [2.45, 2.75) is 40.8 Å².